The minimum absolute atomic E-state index is 0.182. The van der Waals surface area contributed by atoms with E-state index < -0.39 is 5.60 Å². The first-order valence-corrected chi connectivity index (χ1v) is 11.3. The molecule has 1 aromatic rings. The number of likely N-dealkylation sites (tertiary alicyclic amines) is 1. The van der Waals surface area contributed by atoms with E-state index in [4.69, 9.17) is 10.6 Å². The van der Waals surface area contributed by atoms with Crippen molar-refractivity contribution in [1.29, 1.82) is 0 Å². The lowest BCUT2D eigenvalue weighted by Crippen LogP contribution is -2.47. The number of nitrogens with two attached hydrogens (primary N) is 1. The summed E-state index contributed by atoms with van der Waals surface area (Å²) in [5, 5.41) is 0. The quantitative estimate of drug-likeness (QED) is 0.423. The lowest BCUT2D eigenvalue weighted by molar-refractivity contribution is 0.0177. The van der Waals surface area contributed by atoms with Gasteiger partial charge in [-0.2, -0.15) is 0 Å². The van der Waals surface area contributed by atoms with E-state index in [0.29, 0.717) is 11.5 Å². The number of amides is 2. The Hall–Kier alpha value is -2.32. The van der Waals surface area contributed by atoms with Crippen LogP contribution >= 0.6 is 0 Å². The first-order valence-electron chi connectivity index (χ1n) is 11.3. The van der Waals surface area contributed by atoms with Crippen LogP contribution in [0.2, 0.25) is 0 Å². The third-order valence-electron chi connectivity index (χ3n) is 6.12. The Bertz CT molecular complexity index is 731. The fourth-order valence-electron chi connectivity index (χ4n) is 4.23. The Morgan fingerprint density at radius 1 is 1.03 bits per heavy atom. The second-order valence-corrected chi connectivity index (χ2v) is 9.55. The van der Waals surface area contributed by atoms with Crippen LogP contribution < -0.4 is 16.2 Å². The van der Waals surface area contributed by atoms with Crippen molar-refractivity contribution in [2.24, 2.45) is 11.8 Å². The highest BCUT2D eigenvalue weighted by Crippen LogP contribution is 2.23. The van der Waals surface area contributed by atoms with Crippen LogP contribution in [0.4, 0.5) is 10.5 Å². The van der Waals surface area contributed by atoms with Crippen molar-refractivity contribution in [2.45, 2.75) is 45.6 Å². The summed E-state index contributed by atoms with van der Waals surface area (Å²) in [6.45, 7) is 12.5. The van der Waals surface area contributed by atoms with Crippen molar-refractivity contribution in [3.8, 4) is 0 Å². The topological polar surface area (TPSA) is 91.1 Å². The number of benzene rings is 1. The molecular weight excluding hydrogens is 394 g/mol. The van der Waals surface area contributed by atoms with Gasteiger partial charge >= 0.3 is 6.09 Å². The molecule has 0 bridgehead atoms. The van der Waals surface area contributed by atoms with Gasteiger partial charge in [0.2, 0.25) is 0 Å². The van der Waals surface area contributed by atoms with Gasteiger partial charge in [0.05, 0.1) is 0 Å². The van der Waals surface area contributed by atoms with Gasteiger partial charge in [-0.15, -0.1) is 0 Å². The number of hydrazine groups is 1. The first kappa shape index (κ1) is 23.3. The molecule has 2 saturated heterocycles. The Morgan fingerprint density at radius 2 is 1.65 bits per heavy atom. The van der Waals surface area contributed by atoms with Crippen LogP contribution in [0.1, 0.15) is 50.4 Å². The average Bonchev–Trinajstić information content (AvgIpc) is 2.77. The van der Waals surface area contributed by atoms with E-state index in [1.807, 2.05) is 49.9 Å². The number of hydrogen-bond acceptors (Lipinski definition) is 6. The second kappa shape index (κ2) is 10.3. The lowest BCUT2D eigenvalue weighted by atomic mass is 9.93. The molecule has 3 N–H and O–H groups in total. The highest BCUT2D eigenvalue weighted by atomic mass is 16.6. The number of carbonyl (C=O) groups is 2. The molecule has 0 aromatic heterocycles. The molecule has 0 spiro atoms. The van der Waals surface area contributed by atoms with Crippen LogP contribution in [0.15, 0.2) is 24.3 Å². The maximum atomic E-state index is 12.2. The van der Waals surface area contributed by atoms with E-state index in [1.165, 1.54) is 6.42 Å². The number of anilines is 1. The molecular formula is C23H37N5O3. The summed E-state index contributed by atoms with van der Waals surface area (Å²) in [6.07, 6.45) is 3.12. The maximum Gasteiger partial charge on any atom is 0.410 e. The second-order valence-electron chi connectivity index (χ2n) is 9.55. The number of ether oxygens (including phenoxy) is 1. The van der Waals surface area contributed by atoms with Crippen LogP contribution in [0.5, 0.6) is 0 Å². The first-order chi connectivity index (χ1) is 14.7. The number of rotatable bonds is 5. The molecule has 8 heteroatoms. The molecule has 1 aromatic carbocycles. The van der Waals surface area contributed by atoms with Crippen LogP contribution in [0, 0.1) is 5.92 Å². The summed E-state index contributed by atoms with van der Waals surface area (Å²) in [4.78, 5) is 30.5. The van der Waals surface area contributed by atoms with Crippen LogP contribution in [-0.2, 0) is 4.74 Å². The molecule has 2 heterocycles. The monoisotopic (exact) mass is 431 g/mol. The molecule has 2 aliphatic rings. The summed E-state index contributed by atoms with van der Waals surface area (Å²) in [6, 6.07) is 7.60. The SMILES string of the molecule is CC(C)(C)OC(=O)N1CCC(CCN2CCN(c3ccc(C(=O)NN)cc3)CC2)CC1. The molecule has 0 unspecified atom stereocenters. The molecule has 8 nitrogen and oxygen atoms in total. The fraction of sp³-hybridized carbons (Fsp3) is 0.652. The zero-order valence-electron chi connectivity index (χ0n) is 19.1. The van der Waals surface area contributed by atoms with Crippen molar-refractivity contribution >= 4 is 17.7 Å². The number of piperazine rings is 1. The third kappa shape index (κ3) is 6.83. The minimum atomic E-state index is -0.433. The minimum Gasteiger partial charge on any atom is -0.444 e. The molecule has 0 aliphatic carbocycles. The molecule has 0 saturated carbocycles. The zero-order chi connectivity index (χ0) is 22.4. The van der Waals surface area contributed by atoms with E-state index in [1.54, 1.807) is 0 Å². The van der Waals surface area contributed by atoms with Crippen LogP contribution in [-0.4, -0.2) is 73.2 Å². The molecule has 2 fully saturated rings. The Kier molecular flexibility index (Phi) is 7.78. The molecule has 0 radical (unpaired) electrons. The number of nitrogens with zero attached hydrogens (tertiary/aromatic N) is 3. The highest BCUT2D eigenvalue weighted by molar-refractivity contribution is 5.94. The van der Waals surface area contributed by atoms with Gasteiger partial charge in [-0.1, -0.05) is 0 Å². The van der Waals surface area contributed by atoms with E-state index >= 15 is 0 Å². The van der Waals surface area contributed by atoms with Gasteiger partial charge in [0, 0.05) is 50.5 Å². The van der Waals surface area contributed by atoms with Crippen molar-refractivity contribution in [3.63, 3.8) is 0 Å². The Labute approximate surface area is 185 Å². The summed E-state index contributed by atoms with van der Waals surface area (Å²) in [5.41, 5.74) is 3.44. The van der Waals surface area contributed by atoms with Crippen LogP contribution in [0.3, 0.4) is 0 Å². The molecule has 2 aliphatic heterocycles. The van der Waals surface area contributed by atoms with Gasteiger partial charge in [-0.25, -0.2) is 10.6 Å². The fourth-order valence-corrected chi connectivity index (χ4v) is 4.23. The van der Waals surface area contributed by atoms with Gasteiger partial charge in [0.15, 0.2) is 0 Å². The van der Waals surface area contributed by atoms with Crippen LogP contribution in [0.25, 0.3) is 0 Å². The third-order valence-corrected chi connectivity index (χ3v) is 6.12. The van der Waals surface area contributed by atoms with Crippen molar-refractivity contribution in [2.75, 3.05) is 50.7 Å². The van der Waals surface area contributed by atoms with E-state index in [9.17, 15) is 9.59 Å². The van der Waals surface area contributed by atoms with Gasteiger partial charge in [-0.05, 0) is 76.8 Å². The van der Waals surface area contributed by atoms with Gasteiger partial charge in [0.25, 0.3) is 5.91 Å². The van der Waals surface area contributed by atoms with Gasteiger partial charge < -0.3 is 14.5 Å². The summed E-state index contributed by atoms with van der Waals surface area (Å²) < 4.78 is 5.49. The predicted octanol–water partition coefficient (Wildman–Crippen LogP) is 2.45. The molecule has 0 atom stereocenters. The molecule has 31 heavy (non-hydrogen) atoms. The lowest BCUT2D eigenvalue weighted by Gasteiger charge is -2.38. The number of hydrogen-bond donors (Lipinski definition) is 2. The Morgan fingerprint density at radius 3 is 2.19 bits per heavy atom. The number of nitrogens with one attached hydrogen (secondary N) is 1. The number of carbonyl (C=O) groups excluding carboxylic acids is 2. The number of piperidine rings is 1. The standard InChI is InChI=1S/C23H37N5O3/c1-23(2,3)31-22(30)28-12-9-18(10-13-28)8-11-26-14-16-27(17-15-26)20-6-4-19(5-7-20)21(29)25-24/h4-7,18H,8-17,24H2,1-3H3,(H,25,29). The normalized spacial score (nSPS) is 18.7. The van der Waals surface area contributed by atoms with Crippen molar-refractivity contribution in [1.82, 2.24) is 15.2 Å². The summed E-state index contributed by atoms with van der Waals surface area (Å²) in [5.74, 6) is 5.59. The molecule has 2 amide bonds. The van der Waals surface area contributed by atoms with E-state index in [-0.39, 0.29) is 12.0 Å². The van der Waals surface area contributed by atoms with E-state index in [2.05, 4.69) is 15.2 Å². The number of nitrogen functional groups attached to an aromatic ring is 1. The van der Waals surface area contributed by atoms with Crippen molar-refractivity contribution in [3.05, 3.63) is 29.8 Å². The largest absolute Gasteiger partial charge is 0.444 e. The van der Waals surface area contributed by atoms with E-state index in [0.717, 1.165) is 64.3 Å². The predicted molar refractivity (Wildman–Crippen MR) is 122 cm³/mol. The van der Waals surface area contributed by atoms with Gasteiger partial charge in [-0.3, -0.25) is 15.1 Å². The molecule has 3 rings (SSSR count). The maximum absolute atomic E-state index is 12.2. The smallest absolute Gasteiger partial charge is 0.410 e. The van der Waals surface area contributed by atoms with Gasteiger partial charge in [0.1, 0.15) is 5.60 Å². The Balaban J connectivity index is 1.35. The summed E-state index contributed by atoms with van der Waals surface area (Å²) in [7, 11) is 0. The average molecular weight is 432 g/mol. The zero-order valence-corrected chi connectivity index (χ0v) is 19.1. The molecule has 172 valence electrons. The highest BCUT2D eigenvalue weighted by Gasteiger charge is 2.27. The van der Waals surface area contributed by atoms with Crippen molar-refractivity contribution < 1.29 is 14.3 Å². The summed E-state index contributed by atoms with van der Waals surface area (Å²) >= 11 is 0.